The molecule has 8 nitrogen and oxygen atoms in total. The SMILES string of the molecule is CN1CCN(c2ccc(C(=O)Nc3cc4cc(-c5cnc(N)s5)ccc4cn3)cn2)CC1. The van der Waals surface area contributed by atoms with Crippen molar-refractivity contribution in [3.05, 3.63) is 60.6 Å². The Morgan fingerprint density at radius 3 is 2.53 bits per heavy atom. The number of nitrogen functional groups attached to an aromatic ring is 1. The van der Waals surface area contributed by atoms with Crippen LogP contribution in [-0.2, 0) is 0 Å². The van der Waals surface area contributed by atoms with Crippen LogP contribution in [0.2, 0.25) is 0 Å². The second kappa shape index (κ2) is 8.52. The Balaban J connectivity index is 1.31. The van der Waals surface area contributed by atoms with E-state index in [1.54, 1.807) is 18.6 Å². The number of carbonyl (C=O) groups is 1. The molecule has 0 unspecified atom stereocenters. The number of fused-ring (bicyclic) bond motifs is 1. The van der Waals surface area contributed by atoms with Gasteiger partial charge in [0.1, 0.15) is 11.6 Å². The minimum atomic E-state index is -0.235. The van der Waals surface area contributed by atoms with Crippen LogP contribution in [0, 0.1) is 0 Å². The van der Waals surface area contributed by atoms with Crippen molar-refractivity contribution < 1.29 is 4.79 Å². The van der Waals surface area contributed by atoms with E-state index in [4.69, 9.17) is 5.73 Å². The number of aromatic nitrogens is 3. The summed E-state index contributed by atoms with van der Waals surface area (Å²) in [5.74, 6) is 1.15. The molecular weight excluding hydrogens is 422 g/mol. The maximum absolute atomic E-state index is 12.7. The summed E-state index contributed by atoms with van der Waals surface area (Å²) in [5, 5.41) is 5.38. The van der Waals surface area contributed by atoms with Crippen molar-refractivity contribution in [2.45, 2.75) is 0 Å². The number of pyridine rings is 2. The molecule has 1 aliphatic heterocycles. The van der Waals surface area contributed by atoms with Crippen LogP contribution >= 0.6 is 11.3 Å². The van der Waals surface area contributed by atoms with E-state index >= 15 is 0 Å². The molecule has 1 saturated heterocycles. The summed E-state index contributed by atoms with van der Waals surface area (Å²) in [4.78, 5) is 31.3. The van der Waals surface area contributed by atoms with E-state index in [1.807, 2.05) is 36.4 Å². The zero-order valence-corrected chi connectivity index (χ0v) is 18.5. The van der Waals surface area contributed by atoms with E-state index in [1.165, 1.54) is 11.3 Å². The quantitative estimate of drug-likeness (QED) is 0.497. The van der Waals surface area contributed by atoms with Gasteiger partial charge in [-0.1, -0.05) is 23.5 Å². The minimum Gasteiger partial charge on any atom is -0.375 e. The largest absolute Gasteiger partial charge is 0.375 e. The van der Waals surface area contributed by atoms with Crippen molar-refractivity contribution in [1.29, 1.82) is 0 Å². The van der Waals surface area contributed by atoms with Crippen LogP contribution in [0.1, 0.15) is 10.4 Å². The fraction of sp³-hybridized carbons (Fsp3) is 0.217. The van der Waals surface area contributed by atoms with Crippen molar-refractivity contribution in [2.24, 2.45) is 0 Å². The van der Waals surface area contributed by atoms with Crippen LogP contribution in [-0.4, -0.2) is 59.0 Å². The molecule has 4 aromatic rings. The molecule has 0 aliphatic carbocycles. The van der Waals surface area contributed by atoms with Crippen LogP contribution in [0.4, 0.5) is 16.8 Å². The number of hydrogen-bond acceptors (Lipinski definition) is 8. The molecule has 0 spiro atoms. The number of likely N-dealkylation sites (N-methyl/N-ethyl adjacent to an activating group) is 1. The van der Waals surface area contributed by atoms with Crippen LogP contribution in [0.15, 0.2) is 55.0 Å². The number of nitrogens with one attached hydrogen (secondary N) is 1. The van der Waals surface area contributed by atoms with Crippen LogP contribution < -0.4 is 16.0 Å². The molecule has 0 atom stereocenters. The van der Waals surface area contributed by atoms with Crippen molar-refractivity contribution in [3.63, 3.8) is 0 Å². The van der Waals surface area contributed by atoms with E-state index in [0.29, 0.717) is 16.5 Å². The lowest BCUT2D eigenvalue weighted by Gasteiger charge is -2.33. The van der Waals surface area contributed by atoms with Gasteiger partial charge in [-0.05, 0) is 42.3 Å². The first-order chi connectivity index (χ1) is 15.5. The number of benzene rings is 1. The third-order valence-corrected chi connectivity index (χ3v) is 6.48. The molecule has 3 aromatic heterocycles. The Labute approximate surface area is 189 Å². The second-order valence-electron chi connectivity index (χ2n) is 7.84. The van der Waals surface area contributed by atoms with Crippen LogP contribution in [0.5, 0.6) is 0 Å². The number of anilines is 3. The average Bonchev–Trinajstić information content (AvgIpc) is 3.25. The van der Waals surface area contributed by atoms with Crippen LogP contribution in [0.25, 0.3) is 21.2 Å². The van der Waals surface area contributed by atoms with E-state index in [9.17, 15) is 4.79 Å². The highest BCUT2D eigenvalue weighted by molar-refractivity contribution is 7.18. The predicted octanol–water partition coefficient (Wildman–Crippen LogP) is 3.34. The first-order valence-electron chi connectivity index (χ1n) is 10.4. The van der Waals surface area contributed by atoms with Gasteiger partial charge in [-0.3, -0.25) is 4.79 Å². The Kier molecular flexibility index (Phi) is 5.42. The number of amides is 1. The average molecular weight is 446 g/mol. The number of rotatable bonds is 4. The molecular formula is C23H23N7OS. The summed E-state index contributed by atoms with van der Waals surface area (Å²) in [6, 6.07) is 11.6. The normalized spacial score (nSPS) is 14.6. The van der Waals surface area contributed by atoms with Crippen molar-refractivity contribution in [1.82, 2.24) is 19.9 Å². The first kappa shape index (κ1) is 20.3. The van der Waals surface area contributed by atoms with Gasteiger partial charge in [0.2, 0.25) is 0 Å². The smallest absolute Gasteiger partial charge is 0.258 e. The Bertz CT molecular complexity index is 1260. The van der Waals surface area contributed by atoms with E-state index in [0.717, 1.165) is 53.2 Å². The van der Waals surface area contributed by atoms with Crippen molar-refractivity contribution in [3.8, 4) is 10.4 Å². The monoisotopic (exact) mass is 445 g/mol. The lowest BCUT2D eigenvalue weighted by molar-refractivity contribution is 0.102. The van der Waals surface area contributed by atoms with E-state index in [-0.39, 0.29) is 5.91 Å². The summed E-state index contributed by atoms with van der Waals surface area (Å²) in [6.45, 7) is 3.89. The summed E-state index contributed by atoms with van der Waals surface area (Å²) in [5.41, 5.74) is 7.29. The highest BCUT2D eigenvalue weighted by Gasteiger charge is 2.16. The van der Waals surface area contributed by atoms with Gasteiger partial charge in [-0.25, -0.2) is 15.0 Å². The van der Waals surface area contributed by atoms with Gasteiger partial charge in [0.25, 0.3) is 5.91 Å². The van der Waals surface area contributed by atoms with E-state index in [2.05, 4.69) is 37.1 Å². The Morgan fingerprint density at radius 1 is 0.969 bits per heavy atom. The molecule has 1 fully saturated rings. The van der Waals surface area contributed by atoms with Gasteiger partial charge in [-0.15, -0.1) is 0 Å². The summed E-state index contributed by atoms with van der Waals surface area (Å²) < 4.78 is 0. The summed E-state index contributed by atoms with van der Waals surface area (Å²) in [7, 11) is 2.12. The molecule has 0 saturated carbocycles. The van der Waals surface area contributed by atoms with Crippen molar-refractivity contribution in [2.75, 3.05) is 49.2 Å². The van der Waals surface area contributed by atoms with Gasteiger partial charge in [0, 0.05) is 50.2 Å². The van der Waals surface area contributed by atoms with E-state index < -0.39 is 0 Å². The number of nitrogens with zero attached hydrogens (tertiary/aromatic N) is 5. The lowest BCUT2D eigenvalue weighted by atomic mass is 10.1. The number of hydrogen-bond donors (Lipinski definition) is 2. The third kappa shape index (κ3) is 4.25. The molecule has 1 aliphatic rings. The molecule has 0 bridgehead atoms. The molecule has 9 heteroatoms. The molecule has 0 radical (unpaired) electrons. The number of carbonyl (C=O) groups excluding carboxylic acids is 1. The Hall–Kier alpha value is -3.56. The molecule has 162 valence electrons. The molecule has 3 N–H and O–H groups in total. The lowest BCUT2D eigenvalue weighted by Crippen LogP contribution is -2.44. The fourth-order valence-electron chi connectivity index (χ4n) is 3.72. The summed E-state index contributed by atoms with van der Waals surface area (Å²) in [6.07, 6.45) is 5.14. The number of piperazine rings is 1. The first-order valence-corrected chi connectivity index (χ1v) is 11.2. The van der Waals surface area contributed by atoms with Gasteiger partial charge < -0.3 is 20.9 Å². The molecule has 4 heterocycles. The fourth-order valence-corrected chi connectivity index (χ4v) is 4.40. The highest BCUT2D eigenvalue weighted by atomic mass is 32.1. The minimum absolute atomic E-state index is 0.235. The molecule has 32 heavy (non-hydrogen) atoms. The van der Waals surface area contributed by atoms with Gasteiger partial charge in [0.05, 0.1) is 10.4 Å². The van der Waals surface area contributed by atoms with Gasteiger partial charge in [-0.2, -0.15) is 0 Å². The second-order valence-corrected chi connectivity index (χ2v) is 8.91. The maximum Gasteiger partial charge on any atom is 0.258 e. The number of thiazole rings is 1. The third-order valence-electron chi connectivity index (χ3n) is 5.61. The predicted molar refractivity (Wildman–Crippen MR) is 129 cm³/mol. The Morgan fingerprint density at radius 2 is 1.81 bits per heavy atom. The molecule has 1 aromatic carbocycles. The zero-order valence-electron chi connectivity index (χ0n) is 17.7. The summed E-state index contributed by atoms with van der Waals surface area (Å²) >= 11 is 1.44. The van der Waals surface area contributed by atoms with Gasteiger partial charge >= 0.3 is 0 Å². The number of nitrogens with two attached hydrogens (primary N) is 1. The van der Waals surface area contributed by atoms with Gasteiger partial charge in [0.15, 0.2) is 5.13 Å². The zero-order chi connectivity index (χ0) is 22.1. The maximum atomic E-state index is 12.7. The molecule has 1 amide bonds. The standard InChI is InChI=1S/C23H23N7OS/c1-29-6-8-30(9-7-29)21-5-4-17(13-26-21)22(31)28-20-11-18-10-15(2-3-16(18)12-25-20)19-14-27-23(24)32-19/h2-5,10-14H,6-9H2,1H3,(H2,24,27)(H,25,28,31). The topological polar surface area (TPSA) is 100 Å². The highest BCUT2D eigenvalue weighted by Crippen LogP contribution is 2.30. The molecule has 5 rings (SSSR count). The van der Waals surface area contributed by atoms with Crippen molar-refractivity contribution >= 4 is 44.8 Å². The van der Waals surface area contributed by atoms with Crippen LogP contribution in [0.3, 0.4) is 0 Å².